The van der Waals surface area contributed by atoms with Crippen LogP contribution in [0.3, 0.4) is 0 Å². The minimum Gasteiger partial charge on any atom is -0.385 e. The van der Waals surface area contributed by atoms with Gasteiger partial charge in [0.1, 0.15) is 6.04 Å². The van der Waals surface area contributed by atoms with Crippen LogP contribution >= 0.6 is 15.9 Å². The van der Waals surface area contributed by atoms with Crippen molar-refractivity contribution in [2.24, 2.45) is 0 Å². The number of carbonyl (C=O) groups excluding carboxylic acids is 1. The molecule has 0 radical (unpaired) electrons. The molecule has 1 aromatic rings. The van der Waals surface area contributed by atoms with E-state index in [1.807, 2.05) is 0 Å². The number of methoxy groups -OCH3 is 1. The van der Waals surface area contributed by atoms with Crippen LogP contribution in [0.25, 0.3) is 0 Å². The van der Waals surface area contributed by atoms with Crippen molar-refractivity contribution < 1.29 is 9.53 Å². The van der Waals surface area contributed by atoms with Crippen LogP contribution in [-0.2, 0) is 9.53 Å². The fraction of sp³-hybridized carbons (Fsp3) is 0.600. The highest BCUT2D eigenvalue weighted by Gasteiger charge is 2.16. The summed E-state index contributed by atoms with van der Waals surface area (Å²) in [4.78, 5) is 11.8. The number of hydrogen-bond donors (Lipinski definition) is 2. The number of hydrogen-bond acceptors (Lipinski definition) is 4. The Hall–Kier alpha value is -1.08. The lowest BCUT2D eigenvalue weighted by Gasteiger charge is -2.12. The highest BCUT2D eigenvalue weighted by molar-refractivity contribution is 9.10. The van der Waals surface area contributed by atoms with Gasteiger partial charge in [-0.25, -0.2) is 0 Å². The first-order valence-electron chi connectivity index (χ1n) is 5.33. The van der Waals surface area contributed by atoms with E-state index in [9.17, 15) is 4.79 Å². The van der Waals surface area contributed by atoms with Crippen LogP contribution in [0.2, 0.25) is 0 Å². The first-order chi connectivity index (χ1) is 8.06. The van der Waals surface area contributed by atoms with Crippen molar-refractivity contribution in [2.45, 2.75) is 19.4 Å². The maximum Gasteiger partial charge on any atom is 0.244 e. The zero-order valence-electron chi connectivity index (χ0n) is 9.94. The molecule has 0 saturated heterocycles. The first kappa shape index (κ1) is 14.0. The van der Waals surface area contributed by atoms with Crippen LogP contribution in [0.15, 0.2) is 10.7 Å². The average Bonchev–Trinajstić information content (AvgIpc) is 2.64. The molecule has 7 heteroatoms. The smallest absolute Gasteiger partial charge is 0.244 e. The number of nitrogens with two attached hydrogens (primary N) is 1. The van der Waals surface area contributed by atoms with Gasteiger partial charge in [-0.05, 0) is 29.3 Å². The highest BCUT2D eigenvalue weighted by Crippen LogP contribution is 2.19. The molecule has 0 saturated carbocycles. The molecule has 6 nitrogen and oxygen atoms in total. The fourth-order valence-electron chi connectivity index (χ4n) is 1.28. The number of nitrogens with one attached hydrogen (secondary N) is 1. The van der Waals surface area contributed by atoms with Gasteiger partial charge in [0, 0.05) is 26.5 Å². The molecule has 0 fully saturated rings. The van der Waals surface area contributed by atoms with E-state index >= 15 is 0 Å². The summed E-state index contributed by atoms with van der Waals surface area (Å²) >= 11 is 3.25. The van der Waals surface area contributed by atoms with Gasteiger partial charge in [0.2, 0.25) is 5.91 Å². The van der Waals surface area contributed by atoms with E-state index in [0.717, 1.165) is 6.42 Å². The molecule has 1 amide bonds. The molecule has 0 aliphatic heterocycles. The van der Waals surface area contributed by atoms with Gasteiger partial charge in [0.05, 0.1) is 4.47 Å². The van der Waals surface area contributed by atoms with Gasteiger partial charge >= 0.3 is 0 Å². The summed E-state index contributed by atoms with van der Waals surface area (Å²) in [5.41, 5.74) is 5.59. The number of nitrogen functional groups attached to an aromatic ring is 1. The van der Waals surface area contributed by atoms with Crippen LogP contribution in [0.1, 0.15) is 19.4 Å². The van der Waals surface area contributed by atoms with Crippen LogP contribution in [0.5, 0.6) is 0 Å². The van der Waals surface area contributed by atoms with E-state index in [4.69, 9.17) is 10.5 Å². The number of nitrogens with zero attached hydrogens (tertiary/aromatic N) is 2. The Morgan fingerprint density at radius 1 is 1.76 bits per heavy atom. The Morgan fingerprint density at radius 3 is 3.00 bits per heavy atom. The molecule has 0 aromatic carbocycles. The molecule has 17 heavy (non-hydrogen) atoms. The summed E-state index contributed by atoms with van der Waals surface area (Å²) in [7, 11) is 1.63. The number of anilines is 1. The van der Waals surface area contributed by atoms with Crippen molar-refractivity contribution in [3.63, 3.8) is 0 Å². The molecule has 3 N–H and O–H groups in total. The molecule has 1 atom stereocenters. The van der Waals surface area contributed by atoms with Crippen molar-refractivity contribution in [1.82, 2.24) is 15.1 Å². The molecule has 0 spiro atoms. The minimum atomic E-state index is -0.383. The molecule has 1 heterocycles. The van der Waals surface area contributed by atoms with Crippen LogP contribution in [0.4, 0.5) is 5.82 Å². The van der Waals surface area contributed by atoms with E-state index in [1.165, 1.54) is 4.68 Å². The summed E-state index contributed by atoms with van der Waals surface area (Å²) in [5, 5.41) is 6.85. The summed E-state index contributed by atoms with van der Waals surface area (Å²) in [6, 6.07) is -0.383. The van der Waals surface area contributed by atoms with Gasteiger partial charge < -0.3 is 15.8 Å². The van der Waals surface area contributed by atoms with E-state index in [1.54, 1.807) is 20.2 Å². The molecule has 96 valence electrons. The van der Waals surface area contributed by atoms with Gasteiger partial charge in [-0.15, -0.1) is 0 Å². The zero-order chi connectivity index (χ0) is 12.8. The Labute approximate surface area is 109 Å². The predicted molar refractivity (Wildman–Crippen MR) is 68.6 cm³/mol. The Balaban J connectivity index is 2.46. The number of ether oxygens (including phenoxy) is 1. The monoisotopic (exact) mass is 304 g/mol. The second kappa shape index (κ2) is 6.61. The maximum atomic E-state index is 11.8. The standard InChI is InChI=1S/C10H17BrN4O2/c1-7(10(16)13-4-3-5-17-2)15-6-8(11)9(12)14-15/h6-7H,3-5H2,1-2H3,(H2,12,14)(H,13,16). The largest absolute Gasteiger partial charge is 0.385 e. The summed E-state index contributed by atoms with van der Waals surface area (Å²) < 4.78 is 7.12. The molecule has 1 rings (SSSR count). The predicted octanol–water partition coefficient (Wildman–Crippen LogP) is 0.941. The number of halogens is 1. The third-order valence-corrected chi connectivity index (χ3v) is 2.93. The summed E-state index contributed by atoms with van der Waals surface area (Å²) in [6.45, 7) is 2.99. The fourth-order valence-corrected chi connectivity index (χ4v) is 1.57. The van der Waals surface area contributed by atoms with Crippen molar-refractivity contribution in [3.05, 3.63) is 10.7 Å². The van der Waals surface area contributed by atoms with Gasteiger partial charge in [0.15, 0.2) is 5.82 Å². The van der Waals surface area contributed by atoms with E-state index in [0.29, 0.717) is 23.4 Å². The number of amides is 1. The molecule has 0 aliphatic carbocycles. The van der Waals surface area contributed by atoms with Crippen molar-refractivity contribution in [2.75, 3.05) is 26.0 Å². The third kappa shape index (κ3) is 4.01. The normalized spacial score (nSPS) is 12.4. The second-order valence-corrected chi connectivity index (χ2v) is 4.51. The quantitative estimate of drug-likeness (QED) is 0.766. The lowest BCUT2D eigenvalue weighted by atomic mass is 10.3. The molecule has 1 aromatic heterocycles. The van der Waals surface area contributed by atoms with Crippen LogP contribution < -0.4 is 11.1 Å². The van der Waals surface area contributed by atoms with Crippen molar-refractivity contribution >= 4 is 27.7 Å². The lowest BCUT2D eigenvalue weighted by molar-refractivity contribution is -0.124. The van der Waals surface area contributed by atoms with E-state index < -0.39 is 0 Å². The Kier molecular flexibility index (Phi) is 5.43. The van der Waals surface area contributed by atoms with Gasteiger partial charge in [0.25, 0.3) is 0 Å². The molecular formula is C10H17BrN4O2. The lowest BCUT2D eigenvalue weighted by Crippen LogP contribution is -2.32. The van der Waals surface area contributed by atoms with Gasteiger partial charge in [-0.3, -0.25) is 9.48 Å². The summed E-state index contributed by atoms with van der Waals surface area (Å²) in [5.74, 6) is 0.292. The van der Waals surface area contributed by atoms with Gasteiger partial charge in [-0.2, -0.15) is 5.10 Å². The third-order valence-electron chi connectivity index (χ3n) is 2.31. The van der Waals surface area contributed by atoms with Crippen LogP contribution in [-0.4, -0.2) is 35.9 Å². The summed E-state index contributed by atoms with van der Waals surface area (Å²) in [6.07, 6.45) is 2.48. The van der Waals surface area contributed by atoms with Crippen molar-refractivity contribution in [1.29, 1.82) is 0 Å². The molecule has 0 bridgehead atoms. The van der Waals surface area contributed by atoms with E-state index in [2.05, 4.69) is 26.3 Å². The SMILES string of the molecule is COCCCNC(=O)C(C)n1cc(Br)c(N)n1. The minimum absolute atomic E-state index is 0.0869. The highest BCUT2D eigenvalue weighted by atomic mass is 79.9. The molecule has 0 aliphatic rings. The number of carbonyl (C=O) groups is 1. The zero-order valence-corrected chi connectivity index (χ0v) is 11.5. The topological polar surface area (TPSA) is 82.2 Å². The average molecular weight is 305 g/mol. The van der Waals surface area contributed by atoms with Crippen molar-refractivity contribution in [3.8, 4) is 0 Å². The second-order valence-electron chi connectivity index (χ2n) is 3.66. The maximum absolute atomic E-state index is 11.8. The number of aromatic nitrogens is 2. The van der Waals surface area contributed by atoms with Crippen LogP contribution in [0, 0.1) is 0 Å². The van der Waals surface area contributed by atoms with Gasteiger partial charge in [-0.1, -0.05) is 0 Å². The molecule has 1 unspecified atom stereocenters. The molecular weight excluding hydrogens is 288 g/mol. The Bertz CT molecular complexity index is 361. The Morgan fingerprint density at radius 2 is 2.47 bits per heavy atom. The number of rotatable bonds is 6. The first-order valence-corrected chi connectivity index (χ1v) is 6.12. The van der Waals surface area contributed by atoms with E-state index in [-0.39, 0.29) is 11.9 Å².